The van der Waals surface area contributed by atoms with Gasteiger partial charge in [-0.05, 0) is 37.4 Å². The van der Waals surface area contributed by atoms with Crippen molar-refractivity contribution in [1.29, 1.82) is 0 Å². The van der Waals surface area contributed by atoms with Crippen LogP contribution in [0.15, 0.2) is 34.9 Å². The summed E-state index contributed by atoms with van der Waals surface area (Å²) in [6, 6.07) is 7.58. The summed E-state index contributed by atoms with van der Waals surface area (Å²) in [5.41, 5.74) is 1.53. The first-order chi connectivity index (χ1) is 8.79. The Labute approximate surface area is 106 Å². The second-order valence-corrected chi connectivity index (χ2v) is 4.91. The molecular formula is C15H17NO2. The SMILES string of the molecule is CCNC(C(=O)c1ccc2ccoc2c1)C1CC1. The summed E-state index contributed by atoms with van der Waals surface area (Å²) in [5.74, 6) is 0.711. The summed E-state index contributed by atoms with van der Waals surface area (Å²) >= 11 is 0. The minimum absolute atomic E-state index is 0.0255. The van der Waals surface area contributed by atoms with E-state index in [4.69, 9.17) is 4.42 Å². The Balaban J connectivity index is 1.89. The van der Waals surface area contributed by atoms with Crippen molar-refractivity contribution < 1.29 is 9.21 Å². The molecule has 1 aliphatic carbocycles. The number of carbonyl (C=O) groups excluding carboxylic acids is 1. The highest BCUT2D eigenvalue weighted by molar-refractivity contribution is 6.02. The number of rotatable bonds is 5. The van der Waals surface area contributed by atoms with Crippen molar-refractivity contribution in [3.63, 3.8) is 0 Å². The van der Waals surface area contributed by atoms with E-state index in [1.54, 1.807) is 6.26 Å². The summed E-state index contributed by atoms with van der Waals surface area (Å²) < 4.78 is 5.35. The zero-order valence-electron chi connectivity index (χ0n) is 10.5. The third kappa shape index (κ3) is 2.06. The van der Waals surface area contributed by atoms with Crippen molar-refractivity contribution in [2.24, 2.45) is 5.92 Å². The van der Waals surface area contributed by atoms with E-state index in [0.717, 1.165) is 35.9 Å². The van der Waals surface area contributed by atoms with Crippen LogP contribution < -0.4 is 5.32 Å². The Hall–Kier alpha value is -1.61. The minimum atomic E-state index is -0.0255. The molecule has 3 nitrogen and oxygen atoms in total. The third-order valence-electron chi connectivity index (χ3n) is 3.54. The van der Waals surface area contributed by atoms with Gasteiger partial charge in [0, 0.05) is 10.9 Å². The Morgan fingerprint density at radius 3 is 3.00 bits per heavy atom. The smallest absolute Gasteiger partial charge is 0.180 e. The number of benzene rings is 1. The Morgan fingerprint density at radius 2 is 2.28 bits per heavy atom. The van der Waals surface area contributed by atoms with Crippen molar-refractivity contribution in [3.05, 3.63) is 36.1 Å². The first-order valence-corrected chi connectivity index (χ1v) is 6.54. The summed E-state index contributed by atoms with van der Waals surface area (Å²) in [6.45, 7) is 2.87. The molecule has 3 rings (SSSR count). The molecule has 0 bridgehead atoms. The maximum absolute atomic E-state index is 12.5. The van der Waals surface area contributed by atoms with Crippen molar-refractivity contribution in [2.75, 3.05) is 6.54 Å². The highest BCUT2D eigenvalue weighted by Gasteiger charge is 2.35. The van der Waals surface area contributed by atoms with E-state index in [9.17, 15) is 4.79 Å². The Bertz CT molecular complexity index is 569. The number of Topliss-reactive ketones (excluding diaryl/α,β-unsaturated/α-hetero) is 1. The van der Waals surface area contributed by atoms with Gasteiger partial charge in [0.15, 0.2) is 5.78 Å². The van der Waals surface area contributed by atoms with Crippen molar-refractivity contribution >= 4 is 16.8 Å². The molecule has 0 saturated heterocycles. The molecule has 18 heavy (non-hydrogen) atoms. The summed E-state index contributed by atoms with van der Waals surface area (Å²) in [7, 11) is 0. The Morgan fingerprint density at radius 1 is 1.44 bits per heavy atom. The van der Waals surface area contributed by atoms with Crippen molar-refractivity contribution in [1.82, 2.24) is 5.32 Å². The lowest BCUT2D eigenvalue weighted by Gasteiger charge is -2.15. The molecule has 1 aliphatic rings. The van der Waals surface area contributed by atoms with Gasteiger partial charge in [0.25, 0.3) is 0 Å². The van der Waals surface area contributed by atoms with Crippen molar-refractivity contribution in [2.45, 2.75) is 25.8 Å². The van der Waals surface area contributed by atoms with E-state index < -0.39 is 0 Å². The zero-order chi connectivity index (χ0) is 12.5. The molecule has 1 unspecified atom stereocenters. The monoisotopic (exact) mass is 243 g/mol. The largest absolute Gasteiger partial charge is 0.464 e. The first kappa shape index (κ1) is 11.5. The maximum Gasteiger partial charge on any atom is 0.180 e. The van der Waals surface area contributed by atoms with Gasteiger partial charge in [0.1, 0.15) is 5.58 Å². The lowest BCUT2D eigenvalue weighted by atomic mass is 9.99. The van der Waals surface area contributed by atoms with E-state index in [0.29, 0.717) is 5.92 Å². The number of nitrogens with one attached hydrogen (secondary N) is 1. The van der Waals surface area contributed by atoms with Crippen LogP contribution in [0.2, 0.25) is 0 Å². The number of hydrogen-bond acceptors (Lipinski definition) is 3. The van der Waals surface area contributed by atoms with Gasteiger partial charge < -0.3 is 9.73 Å². The van der Waals surface area contributed by atoms with Crippen LogP contribution in [0.5, 0.6) is 0 Å². The normalized spacial score (nSPS) is 16.9. The van der Waals surface area contributed by atoms with Gasteiger partial charge in [0.2, 0.25) is 0 Å². The molecule has 1 N–H and O–H groups in total. The van der Waals surface area contributed by atoms with Crippen LogP contribution in [-0.4, -0.2) is 18.4 Å². The first-order valence-electron chi connectivity index (χ1n) is 6.54. The molecule has 0 radical (unpaired) electrons. The second-order valence-electron chi connectivity index (χ2n) is 4.91. The molecule has 1 heterocycles. The van der Waals surface area contributed by atoms with Crippen LogP contribution in [0.1, 0.15) is 30.1 Å². The Kier molecular flexibility index (Phi) is 2.92. The van der Waals surface area contributed by atoms with Crippen LogP contribution >= 0.6 is 0 Å². The molecule has 3 heteroatoms. The van der Waals surface area contributed by atoms with Crippen LogP contribution in [0, 0.1) is 5.92 Å². The van der Waals surface area contributed by atoms with E-state index in [1.807, 2.05) is 31.2 Å². The lowest BCUT2D eigenvalue weighted by Crippen LogP contribution is -2.38. The molecule has 1 atom stereocenters. The van der Waals surface area contributed by atoms with Crippen LogP contribution in [0.3, 0.4) is 0 Å². The van der Waals surface area contributed by atoms with Gasteiger partial charge >= 0.3 is 0 Å². The minimum Gasteiger partial charge on any atom is -0.464 e. The average Bonchev–Trinajstić information content (AvgIpc) is 3.12. The molecule has 2 aromatic rings. The summed E-state index contributed by atoms with van der Waals surface area (Å²) in [6.07, 6.45) is 3.97. The third-order valence-corrected chi connectivity index (χ3v) is 3.54. The average molecular weight is 243 g/mol. The van der Waals surface area contributed by atoms with Gasteiger partial charge in [-0.15, -0.1) is 0 Å². The molecule has 1 aromatic carbocycles. The van der Waals surface area contributed by atoms with Crippen LogP contribution in [0.4, 0.5) is 0 Å². The highest BCUT2D eigenvalue weighted by atomic mass is 16.3. The number of likely N-dealkylation sites (N-methyl/N-ethyl adjacent to an activating group) is 1. The molecule has 1 fully saturated rings. The maximum atomic E-state index is 12.5. The number of carbonyl (C=O) groups is 1. The van der Waals surface area contributed by atoms with Gasteiger partial charge in [-0.25, -0.2) is 0 Å². The van der Waals surface area contributed by atoms with E-state index in [-0.39, 0.29) is 11.8 Å². The summed E-state index contributed by atoms with van der Waals surface area (Å²) in [5, 5.41) is 4.34. The lowest BCUT2D eigenvalue weighted by molar-refractivity contribution is 0.0932. The fourth-order valence-electron chi connectivity index (χ4n) is 2.41. The molecular weight excluding hydrogens is 226 g/mol. The predicted octanol–water partition coefficient (Wildman–Crippen LogP) is 3.00. The van der Waals surface area contributed by atoms with Gasteiger partial charge in [0.05, 0.1) is 12.3 Å². The van der Waals surface area contributed by atoms with E-state index in [1.165, 1.54) is 0 Å². The van der Waals surface area contributed by atoms with Gasteiger partial charge in [-0.2, -0.15) is 0 Å². The molecule has 0 spiro atoms. The highest BCUT2D eigenvalue weighted by Crippen LogP contribution is 2.34. The molecule has 1 saturated carbocycles. The topological polar surface area (TPSA) is 42.2 Å². The van der Waals surface area contributed by atoms with Crippen LogP contribution in [-0.2, 0) is 0 Å². The summed E-state index contributed by atoms with van der Waals surface area (Å²) in [4.78, 5) is 12.5. The van der Waals surface area contributed by atoms with Gasteiger partial charge in [-0.3, -0.25) is 4.79 Å². The van der Waals surface area contributed by atoms with Crippen LogP contribution in [0.25, 0.3) is 11.0 Å². The van der Waals surface area contributed by atoms with E-state index in [2.05, 4.69) is 5.32 Å². The fraction of sp³-hybridized carbons (Fsp3) is 0.400. The molecule has 0 amide bonds. The van der Waals surface area contributed by atoms with E-state index >= 15 is 0 Å². The quantitative estimate of drug-likeness (QED) is 0.821. The molecule has 0 aliphatic heterocycles. The number of ketones is 1. The predicted molar refractivity (Wildman–Crippen MR) is 70.7 cm³/mol. The number of furan rings is 1. The van der Waals surface area contributed by atoms with Crippen molar-refractivity contribution in [3.8, 4) is 0 Å². The fourth-order valence-corrected chi connectivity index (χ4v) is 2.41. The number of hydrogen-bond donors (Lipinski definition) is 1. The molecule has 94 valence electrons. The zero-order valence-corrected chi connectivity index (χ0v) is 10.5. The second kappa shape index (κ2) is 4.58. The number of fused-ring (bicyclic) bond motifs is 1. The van der Waals surface area contributed by atoms with Gasteiger partial charge in [-0.1, -0.05) is 19.1 Å². The molecule has 1 aromatic heterocycles. The standard InChI is InChI=1S/C15H17NO2/c1-2-16-14(11-4-5-11)15(17)12-6-3-10-7-8-18-13(10)9-12/h3,6-9,11,14,16H,2,4-5H2,1H3.